The highest BCUT2D eigenvalue weighted by atomic mass is 16.6. The van der Waals surface area contributed by atoms with Gasteiger partial charge in [-0.05, 0) is 6.08 Å². The number of ether oxygens (including phenoxy) is 2. The number of hydrogen-bond acceptors (Lipinski definition) is 2. The standard InChI is InChI=1S/C9H12O2.C2H6/c1-3-4-5-8(2)10-6-9-7-11-9;1-2/h3-5,9H,1-2,6-7H2;1-2H3/b5-4-;. The smallest absolute Gasteiger partial charge is 0.117 e. The van der Waals surface area contributed by atoms with Crippen LogP contribution < -0.4 is 0 Å². The quantitative estimate of drug-likeness (QED) is 0.370. The molecule has 1 unspecified atom stereocenters. The number of rotatable bonds is 5. The minimum atomic E-state index is 0.295. The molecule has 0 aliphatic carbocycles. The van der Waals surface area contributed by atoms with E-state index in [0.29, 0.717) is 18.5 Å². The summed E-state index contributed by atoms with van der Waals surface area (Å²) in [7, 11) is 0. The van der Waals surface area contributed by atoms with Gasteiger partial charge in [-0.2, -0.15) is 0 Å². The Morgan fingerprint density at radius 3 is 2.69 bits per heavy atom. The molecule has 74 valence electrons. The molecule has 0 bridgehead atoms. The zero-order chi connectivity index (χ0) is 10.1. The fourth-order valence-electron chi connectivity index (χ4n) is 0.588. The Balaban J connectivity index is 0.000000671. The lowest BCUT2D eigenvalue weighted by Gasteiger charge is -2.00. The minimum Gasteiger partial charge on any atom is -0.491 e. The molecule has 0 spiro atoms. The Morgan fingerprint density at radius 1 is 1.62 bits per heavy atom. The summed E-state index contributed by atoms with van der Waals surface area (Å²) in [5.41, 5.74) is 0. The van der Waals surface area contributed by atoms with E-state index in [1.165, 1.54) is 0 Å². The molecule has 1 fully saturated rings. The Morgan fingerprint density at radius 2 is 2.23 bits per heavy atom. The van der Waals surface area contributed by atoms with Crippen molar-refractivity contribution in [2.24, 2.45) is 0 Å². The van der Waals surface area contributed by atoms with E-state index in [-0.39, 0.29) is 0 Å². The lowest BCUT2D eigenvalue weighted by atomic mass is 10.4. The largest absolute Gasteiger partial charge is 0.491 e. The molecule has 0 aromatic heterocycles. The molecule has 0 N–H and O–H groups in total. The predicted molar refractivity (Wildman–Crippen MR) is 55.5 cm³/mol. The lowest BCUT2D eigenvalue weighted by molar-refractivity contribution is 0.194. The Bertz CT molecular complexity index is 179. The van der Waals surface area contributed by atoms with Gasteiger partial charge < -0.3 is 9.47 Å². The van der Waals surface area contributed by atoms with Crippen molar-refractivity contribution in [3.8, 4) is 0 Å². The van der Waals surface area contributed by atoms with Gasteiger partial charge in [-0.1, -0.05) is 39.2 Å². The molecule has 13 heavy (non-hydrogen) atoms. The third kappa shape index (κ3) is 7.34. The fraction of sp³-hybridized carbons (Fsp3) is 0.455. The Labute approximate surface area is 80.5 Å². The molecule has 0 aromatic carbocycles. The maximum atomic E-state index is 5.21. The van der Waals surface area contributed by atoms with Gasteiger partial charge >= 0.3 is 0 Å². The average Bonchev–Trinajstić information content (AvgIpc) is 2.98. The van der Waals surface area contributed by atoms with Gasteiger partial charge in [0.25, 0.3) is 0 Å². The lowest BCUT2D eigenvalue weighted by Crippen LogP contribution is -1.98. The molecule has 1 saturated heterocycles. The molecule has 0 radical (unpaired) electrons. The van der Waals surface area contributed by atoms with E-state index in [1.54, 1.807) is 18.2 Å². The third-order valence-corrected chi connectivity index (χ3v) is 1.28. The molecule has 0 amide bonds. The summed E-state index contributed by atoms with van der Waals surface area (Å²) in [6.07, 6.45) is 5.54. The maximum absolute atomic E-state index is 5.21. The van der Waals surface area contributed by atoms with Crippen LogP contribution in [0.25, 0.3) is 0 Å². The Hall–Kier alpha value is -1.02. The average molecular weight is 182 g/mol. The van der Waals surface area contributed by atoms with E-state index < -0.39 is 0 Å². The van der Waals surface area contributed by atoms with E-state index >= 15 is 0 Å². The van der Waals surface area contributed by atoms with Crippen LogP contribution in [0.1, 0.15) is 13.8 Å². The summed E-state index contributed by atoms with van der Waals surface area (Å²) in [6.45, 7) is 12.6. The van der Waals surface area contributed by atoms with Gasteiger partial charge in [0, 0.05) is 0 Å². The molecule has 2 nitrogen and oxygen atoms in total. The van der Waals surface area contributed by atoms with Crippen LogP contribution in [0.4, 0.5) is 0 Å². The van der Waals surface area contributed by atoms with Crippen molar-refractivity contribution in [2.75, 3.05) is 13.2 Å². The summed E-state index contributed by atoms with van der Waals surface area (Å²) >= 11 is 0. The van der Waals surface area contributed by atoms with Crippen molar-refractivity contribution >= 4 is 0 Å². The van der Waals surface area contributed by atoms with Crippen LogP contribution in [0.15, 0.2) is 37.1 Å². The van der Waals surface area contributed by atoms with Crippen LogP contribution in [-0.4, -0.2) is 19.3 Å². The summed E-state index contributed by atoms with van der Waals surface area (Å²) in [6, 6.07) is 0. The van der Waals surface area contributed by atoms with E-state index in [9.17, 15) is 0 Å². The van der Waals surface area contributed by atoms with Crippen LogP contribution in [0.3, 0.4) is 0 Å². The van der Waals surface area contributed by atoms with Gasteiger partial charge in [-0.3, -0.25) is 0 Å². The van der Waals surface area contributed by atoms with Gasteiger partial charge in [-0.25, -0.2) is 0 Å². The Kier molecular flexibility index (Phi) is 7.02. The molecule has 0 saturated carbocycles. The second-order valence-electron chi connectivity index (χ2n) is 2.33. The van der Waals surface area contributed by atoms with Crippen molar-refractivity contribution in [3.05, 3.63) is 37.1 Å². The van der Waals surface area contributed by atoms with Crippen LogP contribution in [0.2, 0.25) is 0 Å². The SMILES string of the molecule is C=C/C=C\C(=C)OCC1CO1.CC. The van der Waals surface area contributed by atoms with Gasteiger partial charge in [0.15, 0.2) is 0 Å². The first-order valence-electron chi connectivity index (χ1n) is 4.55. The normalized spacial score (nSPS) is 18.8. The molecule has 1 aliphatic rings. The zero-order valence-corrected chi connectivity index (χ0v) is 8.45. The molecule has 1 aliphatic heterocycles. The highest BCUT2D eigenvalue weighted by Gasteiger charge is 2.22. The van der Waals surface area contributed by atoms with Crippen molar-refractivity contribution in [2.45, 2.75) is 20.0 Å². The van der Waals surface area contributed by atoms with Crippen LogP contribution in [0, 0.1) is 0 Å². The van der Waals surface area contributed by atoms with Gasteiger partial charge in [0.1, 0.15) is 18.5 Å². The van der Waals surface area contributed by atoms with E-state index in [4.69, 9.17) is 9.47 Å². The van der Waals surface area contributed by atoms with Gasteiger partial charge in [0.2, 0.25) is 0 Å². The summed E-state index contributed by atoms with van der Waals surface area (Å²) in [5.74, 6) is 0.653. The molecule has 1 heterocycles. The molecule has 2 heteroatoms. The van der Waals surface area contributed by atoms with E-state index in [0.717, 1.165) is 6.61 Å². The van der Waals surface area contributed by atoms with Gasteiger partial charge in [0.05, 0.1) is 6.61 Å². The first-order valence-corrected chi connectivity index (χ1v) is 4.55. The highest BCUT2D eigenvalue weighted by molar-refractivity contribution is 5.12. The monoisotopic (exact) mass is 182 g/mol. The minimum absolute atomic E-state index is 0.295. The second-order valence-corrected chi connectivity index (χ2v) is 2.33. The molecule has 0 aromatic rings. The van der Waals surface area contributed by atoms with Crippen LogP contribution in [0.5, 0.6) is 0 Å². The summed E-state index contributed by atoms with van der Waals surface area (Å²) < 4.78 is 10.2. The van der Waals surface area contributed by atoms with Crippen LogP contribution >= 0.6 is 0 Å². The van der Waals surface area contributed by atoms with Gasteiger partial charge in [-0.15, -0.1) is 0 Å². The van der Waals surface area contributed by atoms with Crippen molar-refractivity contribution in [1.29, 1.82) is 0 Å². The summed E-state index contributed by atoms with van der Waals surface area (Å²) in [5, 5.41) is 0. The predicted octanol–water partition coefficient (Wildman–Crippen LogP) is 2.68. The summed E-state index contributed by atoms with van der Waals surface area (Å²) in [4.78, 5) is 0. The topological polar surface area (TPSA) is 21.8 Å². The van der Waals surface area contributed by atoms with E-state index in [1.807, 2.05) is 13.8 Å². The molecule has 1 rings (SSSR count). The number of epoxide rings is 1. The molecular weight excluding hydrogens is 164 g/mol. The fourth-order valence-corrected chi connectivity index (χ4v) is 0.588. The number of allylic oxidation sites excluding steroid dienone is 3. The zero-order valence-electron chi connectivity index (χ0n) is 8.45. The van der Waals surface area contributed by atoms with Crippen molar-refractivity contribution in [1.82, 2.24) is 0 Å². The second kappa shape index (κ2) is 7.62. The van der Waals surface area contributed by atoms with Crippen molar-refractivity contribution < 1.29 is 9.47 Å². The highest BCUT2D eigenvalue weighted by Crippen LogP contribution is 2.10. The molecular formula is C11H18O2. The van der Waals surface area contributed by atoms with E-state index in [2.05, 4.69) is 13.2 Å². The first kappa shape index (κ1) is 12.0. The maximum Gasteiger partial charge on any atom is 0.117 e. The van der Waals surface area contributed by atoms with Crippen LogP contribution in [-0.2, 0) is 9.47 Å². The third-order valence-electron chi connectivity index (χ3n) is 1.28. The molecule has 1 atom stereocenters. The number of hydrogen-bond donors (Lipinski definition) is 0. The first-order chi connectivity index (χ1) is 6.33. The van der Waals surface area contributed by atoms with Crippen molar-refractivity contribution in [3.63, 3.8) is 0 Å².